The van der Waals surface area contributed by atoms with Gasteiger partial charge in [0.1, 0.15) is 0 Å². The third-order valence-corrected chi connectivity index (χ3v) is 5.35. The number of carbonyl (C=O) groups excluding carboxylic acids is 1. The minimum atomic E-state index is 0.00647. The lowest BCUT2D eigenvalue weighted by Gasteiger charge is -2.32. The minimum Gasteiger partial charge on any atom is -0.355 e. The van der Waals surface area contributed by atoms with Gasteiger partial charge < -0.3 is 9.80 Å². The summed E-state index contributed by atoms with van der Waals surface area (Å²) in [6.07, 6.45) is 4.43. The van der Waals surface area contributed by atoms with Crippen LogP contribution < -0.4 is 4.90 Å². The topological polar surface area (TPSA) is 49.3 Å². The SMILES string of the molecule is O=C(c1ccc(N2CCCC2)nn1)N1CCC(c2ccccc2)CC1. The Labute approximate surface area is 148 Å². The molecule has 25 heavy (non-hydrogen) atoms. The van der Waals surface area contributed by atoms with E-state index >= 15 is 0 Å². The molecule has 0 aliphatic carbocycles. The summed E-state index contributed by atoms with van der Waals surface area (Å²) in [5.41, 5.74) is 1.84. The van der Waals surface area contributed by atoms with Gasteiger partial charge in [0.15, 0.2) is 11.5 Å². The first-order chi connectivity index (χ1) is 12.3. The van der Waals surface area contributed by atoms with Gasteiger partial charge in [0, 0.05) is 26.2 Å². The highest BCUT2D eigenvalue weighted by atomic mass is 16.2. The van der Waals surface area contributed by atoms with E-state index in [2.05, 4.69) is 39.4 Å². The maximum atomic E-state index is 12.7. The van der Waals surface area contributed by atoms with Crippen LogP contribution in [0.1, 0.15) is 47.7 Å². The van der Waals surface area contributed by atoms with Gasteiger partial charge in [-0.05, 0) is 49.3 Å². The summed E-state index contributed by atoms with van der Waals surface area (Å²) >= 11 is 0. The summed E-state index contributed by atoms with van der Waals surface area (Å²) in [6.45, 7) is 3.64. The number of rotatable bonds is 3. The number of carbonyl (C=O) groups is 1. The van der Waals surface area contributed by atoms with Crippen LogP contribution in [0.25, 0.3) is 0 Å². The predicted molar refractivity (Wildman–Crippen MR) is 97.8 cm³/mol. The number of nitrogens with zero attached hydrogens (tertiary/aromatic N) is 4. The van der Waals surface area contributed by atoms with E-state index < -0.39 is 0 Å². The highest BCUT2D eigenvalue weighted by Gasteiger charge is 2.25. The van der Waals surface area contributed by atoms with E-state index in [9.17, 15) is 4.79 Å². The quantitative estimate of drug-likeness (QED) is 0.864. The second-order valence-electron chi connectivity index (χ2n) is 6.95. The molecule has 2 aliphatic rings. The molecule has 2 saturated heterocycles. The van der Waals surface area contributed by atoms with Gasteiger partial charge in [0.2, 0.25) is 0 Å². The van der Waals surface area contributed by atoms with Crippen molar-refractivity contribution in [3.8, 4) is 0 Å². The average Bonchev–Trinajstić information content (AvgIpc) is 3.23. The number of amides is 1. The largest absolute Gasteiger partial charge is 0.355 e. The number of aromatic nitrogens is 2. The highest BCUT2D eigenvalue weighted by molar-refractivity contribution is 5.92. The first kappa shape index (κ1) is 16.1. The molecule has 2 fully saturated rings. The van der Waals surface area contributed by atoms with Crippen LogP contribution in [0.5, 0.6) is 0 Å². The molecule has 3 heterocycles. The van der Waals surface area contributed by atoms with E-state index in [4.69, 9.17) is 0 Å². The van der Waals surface area contributed by atoms with Gasteiger partial charge in [-0.25, -0.2) is 0 Å². The fourth-order valence-corrected chi connectivity index (χ4v) is 3.86. The van der Waals surface area contributed by atoms with Gasteiger partial charge in [0.25, 0.3) is 5.91 Å². The fourth-order valence-electron chi connectivity index (χ4n) is 3.86. The van der Waals surface area contributed by atoms with Gasteiger partial charge in [-0.3, -0.25) is 4.79 Å². The molecule has 0 saturated carbocycles. The molecule has 5 heteroatoms. The third-order valence-electron chi connectivity index (χ3n) is 5.35. The van der Waals surface area contributed by atoms with Crippen LogP contribution in [0.15, 0.2) is 42.5 Å². The fraction of sp³-hybridized carbons (Fsp3) is 0.450. The van der Waals surface area contributed by atoms with E-state index in [0.717, 1.165) is 44.8 Å². The number of anilines is 1. The van der Waals surface area contributed by atoms with Crippen molar-refractivity contribution < 1.29 is 4.79 Å². The Morgan fingerprint density at radius 3 is 2.24 bits per heavy atom. The molecule has 0 atom stereocenters. The van der Waals surface area contributed by atoms with Crippen LogP contribution in [0, 0.1) is 0 Å². The monoisotopic (exact) mass is 336 g/mol. The van der Waals surface area contributed by atoms with Crippen molar-refractivity contribution >= 4 is 11.7 Å². The van der Waals surface area contributed by atoms with E-state index in [0.29, 0.717) is 11.6 Å². The molecule has 0 radical (unpaired) electrons. The molecule has 0 N–H and O–H groups in total. The number of hydrogen-bond donors (Lipinski definition) is 0. The van der Waals surface area contributed by atoms with Crippen LogP contribution in [0.2, 0.25) is 0 Å². The zero-order valence-electron chi connectivity index (χ0n) is 14.5. The molecule has 130 valence electrons. The van der Waals surface area contributed by atoms with Crippen LogP contribution in [0.3, 0.4) is 0 Å². The van der Waals surface area contributed by atoms with E-state index in [-0.39, 0.29) is 5.91 Å². The Morgan fingerprint density at radius 1 is 0.880 bits per heavy atom. The number of piperidine rings is 1. The smallest absolute Gasteiger partial charge is 0.274 e. The summed E-state index contributed by atoms with van der Waals surface area (Å²) < 4.78 is 0. The summed E-state index contributed by atoms with van der Waals surface area (Å²) in [7, 11) is 0. The van der Waals surface area contributed by atoms with Crippen molar-refractivity contribution in [3.05, 3.63) is 53.7 Å². The number of likely N-dealkylation sites (tertiary alicyclic amines) is 1. The van der Waals surface area contributed by atoms with Crippen molar-refractivity contribution in [2.45, 2.75) is 31.6 Å². The lowest BCUT2D eigenvalue weighted by atomic mass is 9.89. The molecule has 2 aromatic rings. The summed E-state index contributed by atoms with van der Waals surface area (Å²) in [4.78, 5) is 16.8. The van der Waals surface area contributed by atoms with E-state index in [1.165, 1.54) is 18.4 Å². The minimum absolute atomic E-state index is 0.00647. The molecular weight excluding hydrogens is 312 g/mol. The molecule has 1 aromatic carbocycles. The number of benzene rings is 1. The van der Waals surface area contributed by atoms with Crippen molar-refractivity contribution in [3.63, 3.8) is 0 Å². The van der Waals surface area contributed by atoms with Gasteiger partial charge in [-0.1, -0.05) is 30.3 Å². The van der Waals surface area contributed by atoms with E-state index in [1.807, 2.05) is 23.1 Å². The maximum absolute atomic E-state index is 12.7. The van der Waals surface area contributed by atoms with Crippen molar-refractivity contribution in [2.75, 3.05) is 31.1 Å². The van der Waals surface area contributed by atoms with Crippen molar-refractivity contribution in [1.29, 1.82) is 0 Å². The first-order valence-electron chi connectivity index (χ1n) is 9.24. The molecule has 4 rings (SSSR count). The van der Waals surface area contributed by atoms with E-state index in [1.54, 1.807) is 0 Å². The lowest BCUT2D eigenvalue weighted by molar-refractivity contribution is 0.0706. The molecule has 0 bridgehead atoms. The zero-order valence-corrected chi connectivity index (χ0v) is 14.5. The Bertz CT molecular complexity index is 702. The standard InChI is InChI=1S/C20H24N4O/c25-20(18-8-9-19(22-21-18)23-12-4-5-13-23)24-14-10-17(11-15-24)16-6-2-1-3-7-16/h1-3,6-9,17H,4-5,10-15H2. The Kier molecular flexibility index (Phi) is 4.63. The molecule has 0 unspecified atom stereocenters. The highest BCUT2D eigenvalue weighted by Crippen LogP contribution is 2.28. The third kappa shape index (κ3) is 3.50. The Balaban J connectivity index is 1.37. The average molecular weight is 336 g/mol. The second kappa shape index (κ2) is 7.21. The molecule has 1 aromatic heterocycles. The molecule has 2 aliphatic heterocycles. The normalized spacial score (nSPS) is 18.6. The van der Waals surface area contributed by atoms with Crippen LogP contribution in [0.4, 0.5) is 5.82 Å². The predicted octanol–water partition coefficient (Wildman–Crippen LogP) is 3.10. The second-order valence-corrected chi connectivity index (χ2v) is 6.95. The summed E-state index contributed by atoms with van der Waals surface area (Å²) in [5.74, 6) is 1.44. The Morgan fingerprint density at radius 2 is 1.60 bits per heavy atom. The number of hydrogen-bond acceptors (Lipinski definition) is 4. The first-order valence-corrected chi connectivity index (χ1v) is 9.24. The molecular formula is C20H24N4O. The van der Waals surface area contributed by atoms with Gasteiger partial charge in [-0.2, -0.15) is 0 Å². The molecule has 5 nitrogen and oxygen atoms in total. The van der Waals surface area contributed by atoms with Crippen molar-refractivity contribution in [2.24, 2.45) is 0 Å². The molecule has 0 spiro atoms. The van der Waals surface area contributed by atoms with Crippen molar-refractivity contribution in [1.82, 2.24) is 15.1 Å². The molecule has 1 amide bonds. The van der Waals surface area contributed by atoms with Crippen LogP contribution in [-0.2, 0) is 0 Å². The van der Waals surface area contributed by atoms with Gasteiger partial charge >= 0.3 is 0 Å². The zero-order chi connectivity index (χ0) is 17.1. The van der Waals surface area contributed by atoms with Gasteiger partial charge in [0.05, 0.1) is 0 Å². The summed E-state index contributed by atoms with van der Waals surface area (Å²) in [6, 6.07) is 14.4. The lowest BCUT2D eigenvalue weighted by Crippen LogP contribution is -2.38. The summed E-state index contributed by atoms with van der Waals surface area (Å²) in [5, 5.41) is 8.46. The van der Waals surface area contributed by atoms with Crippen LogP contribution >= 0.6 is 0 Å². The maximum Gasteiger partial charge on any atom is 0.274 e. The van der Waals surface area contributed by atoms with Gasteiger partial charge in [-0.15, -0.1) is 10.2 Å². The van der Waals surface area contributed by atoms with Crippen LogP contribution in [-0.4, -0.2) is 47.2 Å². The Hall–Kier alpha value is -2.43.